The molecule has 0 bridgehead atoms. The van der Waals surface area contributed by atoms with Crippen LogP contribution in [0.1, 0.15) is 11.5 Å². The Morgan fingerprint density at radius 3 is 2.34 bits per heavy atom. The second-order valence-electron chi connectivity index (χ2n) is 8.22. The van der Waals surface area contributed by atoms with Gasteiger partial charge in [-0.1, -0.05) is 28.6 Å². The van der Waals surface area contributed by atoms with Gasteiger partial charge in [-0.15, -0.1) is 18.3 Å². The average Bonchev–Trinajstić information content (AvgIpc) is 3.23. The highest BCUT2D eigenvalue weighted by molar-refractivity contribution is 5.83. The highest BCUT2D eigenvalue weighted by atomic mass is 19.4. The predicted molar refractivity (Wildman–Crippen MR) is 128 cm³/mol. The molecule has 5 rings (SSSR count). The number of ether oxygens (including phenoxy) is 2. The van der Waals surface area contributed by atoms with Gasteiger partial charge in [-0.3, -0.25) is 4.79 Å². The van der Waals surface area contributed by atoms with Crippen LogP contribution >= 0.6 is 0 Å². The van der Waals surface area contributed by atoms with E-state index >= 15 is 0 Å². The first kappa shape index (κ1) is 24.9. The number of hydrogen-bond donors (Lipinski definition) is 0. The molecule has 194 valence electrons. The molecule has 0 spiro atoms. The summed E-state index contributed by atoms with van der Waals surface area (Å²) in [4.78, 5) is 21.4. The van der Waals surface area contributed by atoms with Crippen LogP contribution in [0.3, 0.4) is 0 Å². The zero-order chi connectivity index (χ0) is 26.9. The van der Waals surface area contributed by atoms with E-state index < -0.39 is 11.9 Å². The molecule has 10 nitrogen and oxygen atoms in total. The van der Waals surface area contributed by atoms with Gasteiger partial charge in [0.25, 0.3) is 5.56 Å². The summed E-state index contributed by atoms with van der Waals surface area (Å²) in [5.41, 5.74) is 3.49. The highest BCUT2D eigenvalue weighted by Gasteiger charge is 2.31. The molecule has 0 aliphatic carbocycles. The Bertz CT molecular complexity index is 1630. The number of halogens is 3. The van der Waals surface area contributed by atoms with E-state index in [0.717, 1.165) is 21.5 Å². The maximum atomic E-state index is 13.0. The number of benzene rings is 2. The van der Waals surface area contributed by atoms with Crippen LogP contribution in [0.15, 0.2) is 64.2 Å². The molecule has 2 aromatic carbocycles. The van der Waals surface area contributed by atoms with Gasteiger partial charge in [0.15, 0.2) is 0 Å². The van der Waals surface area contributed by atoms with Crippen molar-refractivity contribution in [2.75, 3.05) is 6.61 Å². The Hall–Kier alpha value is -4.81. The summed E-state index contributed by atoms with van der Waals surface area (Å²) in [6.45, 7) is 3.77. The lowest BCUT2D eigenvalue weighted by Crippen LogP contribution is -2.27. The molecule has 0 aliphatic heterocycles. The Balaban J connectivity index is 1.28. The molecule has 0 saturated heterocycles. The van der Waals surface area contributed by atoms with Crippen LogP contribution in [0.25, 0.3) is 33.2 Å². The van der Waals surface area contributed by atoms with E-state index in [1.807, 2.05) is 6.92 Å². The molecule has 0 unspecified atom stereocenters. The summed E-state index contributed by atoms with van der Waals surface area (Å²) in [5.74, 6) is 0.322. The first-order valence-corrected chi connectivity index (χ1v) is 11.3. The number of nitrogens with zero attached hydrogens (tertiary/aromatic N) is 6. The maximum Gasteiger partial charge on any atom is 0.573 e. The van der Waals surface area contributed by atoms with E-state index in [0.29, 0.717) is 27.8 Å². The first-order chi connectivity index (χ1) is 18.2. The van der Waals surface area contributed by atoms with Crippen molar-refractivity contribution in [2.45, 2.75) is 26.8 Å². The molecule has 0 fully saturated rings. The van der Waals surface area contributed by atoms with Crippen molar-refractivity contribution in [3.05, 3.63) is 76.7 Å². The normalized spacial score (nSPS) is 11.6. The summed E-state index contributed by atoms with van der Waals surface area (Å²) >= 11 is 0. The molecule has 13 heteroatoms. The van der Waals surface area contributed by atoms with Crippen LogP contribution in [-0.2, 0) is 6.54 Å². The third-order valence-electron chi connectivity index (χ3n) is 5.63. The monoisotopic (exact) mass is 524 g/mol. The Labute approximate surface area is 212 Å². The smallest absolute Gasteiger partial charge is 0.461 e. The van der Waals surface area contributed by atoms with Crippen LogP contribution in [0.5, 0.6) is 11.8 Å². The van der Waals surface area contributed by atoms with Crippen LogP contribution in [0.2, 0.25) is 0 Å². The third-order valence-corrected chi connectivity index (χ3v) is 5.63. The molecule has 0 aliphatic rings. The quantitative estimate of drug-likeness (QED) is 0.303. The number of alkyl halides is 3. The van der Waals surface area contributed by atoms with Crippen molar-refractivity contribution in [2.24, 2.45) is 0 Å². The SMILES string of the molecule is Cc1noc(C)c1-c1cnc(OCCn2nnc3ccc(-c4ccc(OC(F)(F)F)cc4)cc3c2=O)nc1. The van der Waals surface area contributed by atoms with E-state index in [1.54, 1.807) is 37.5 Å². The van der Waals surface area contributed by atoms with E-state index in [-0.39, 0.29) is 24.9 Å². The largest absolute Gasteiger partial charge is 0.573 e. The van der Waals surface area contributed by atoms with Crippen molar-refractivity contribution in [3.63, 3.8) is 0 Å². The van der Waals surface area contributed by atoms with Crippen molar-refractivity contribution in [3.8, 4) is 34.0 Å². The minimum absolute atomic E-state index is 0.0606. The van der Waals surface area contributed by atoms with Gasteiger partial charge < -0.3 is 14.0 Å². The number of aryl methyl sites for hydroxylation is 2. The molecule has 0 radical (unpaired) electrons. The van der Waals surface area contributed by atoms with Crippen LogP contribution < -0.4 is 15.0 Å². The topological polar surface area (TPSA) is 118 Å². The zero-order valence-electron chi connectivity index (χ0n) is 20.1. The number of hydrogen-bond acceptors (Lipinski definition) is 9. The third kappa shape index (κ3) is 5.31. The number of rotatable bonds is 7. The second-order valence-corrected chi connectivity index (χ2v) is 8.22. The van der Waals surface area contributed by atoms with Gasteiger partial charge in [0.1, 0.15) is 23.6 Å². The fourth-order valence-corrected chi connectivity index (χ4v) is 3.89. The predicted octanol–water partition coefficient (Wildman–Crippen LogP) is 4.50. The van der Waals surface area contributed by atoms with Gasteiger partial charge in [0.05, 0.1) is 23.2 Å². The van der Waals surface area contributed by atoms with Gasteiger partial charge in [-0.25, -0.2) is 14.6 Å². The van der Waals surface area contributed by atoms with Gasteiger partial charge >= 0.3 is 12.4 Å². The molecule has 3 heterocycles. The number of aromatic nitrogens is 6. The van der Waals surface area contributed by atoms with Crippen molar-refractivity contribution in [1.29, 1.82) is 0 Å². The van der Waals surface area contributed by atoms with Gasteiger partial charge in [-0.2, -0.15) is 0 Å². The molecule has 0 amide bonds. The molecule has 0 N–H and O–H groups in total. The summed E-state index contributed by atoms with van der Waals surface area (Å²) in [5, 5.41) is 12.2. The Kier molecular flexibility index (Phi) is 6.49. The molecule has 38 heavy (non-hydrogen) atoms. The molecule has 3 aromatic heterocycles. The lowest BCUT2D eigenvalue weighted by Gasteiger charge is -2.10. The fourth-order valence-electron chi connectivity index (χ4n) is 3.89. The molecule has 0 atom stereocenters. The Morgan fingerprint density at radius 2 is 1.68 bits per heavy atom. The van der Waals surface area contributed by atoms with Crippen molar-refractivity contribution >= 4 is 10.9 Å². The van der Waals surface area contributed by atoms with Crippen LogP contribution in [-0.4, -0.2) is 43.1 Å². The number of fused-ring (bicyclic) bond motifs is 1. The van der Waals surface area contributed by atoms with Crippen molar-refractivity contribution in [1.82, 2.24) is 30.1 Å². The van der Waals surface area contributed by atoms with Gasteiger partial charge in [-0.05, 0) is 49.2 Å². The molecule has 5 aromatic rings. The van der Waals surface area contributed by atoms with Gasteiger partial charge in [0, 0.05) is 18.0 Å². The molecular formula is C25H19F3N6O4. The summed E-state index contributed by atoms with van der Waals surface area (Å²) in [7, 11) is 0. The minimum atomic E-state index is -4.77. The van der Waals surface area contributed by atoms with E-state index in [1.165, 1.54) is 24.3 Å². The summed E-state index contributed by atoms with van der Waals surface area (Å²) in [6, 6.07) is 10.4. The lowest BCUT2D eigenvalue weighted by molar-refractivity contribution is -0.274. The molecule has 0 saturated carbocycles. The summed E-state index contributed by atoms with van der Waals surface area (Å²) < 4.78 is 53.0. The minimum Gasteiger partial charge on any atom is -0.461 e. The standard InChI is InChI=1S/C25H19F3N6O4/c1-14-22(15(2)38-32-14)18-12-29-24(30-13-18)36-10-9-34-23(35)20-11-17(5-8-21(20)31-33-34)16-3-6-19(7-4-16)37-25(26,27)28/h3-8,11-13H,9-10H2,1-2H3. The van der Waals surface area contributed by atoms with Crippen LogP contribution in [0, 0.1) is 13.8 Å². The van der Waals surface area contributed by atoms with Gasteiger partial charge in [0.2, 0.25) is 0 Å². The molecular weight excluding hydrogens is 505 g/mol. The maximum absolute atomic E-state index is 13.0. The van der Waals surface area contributed by atoms with Crippen LogP contribution in [0.4, 0.5) is 13.2 Å². The Morgan fingerprint density at radius 1 is 0.974 bits per heavy atom. The summed E-state index contributed by atoms with van der Waals surface area (Å²) in [6.07, 6.45) is -1.58. The van der Waals surface area contributed by atoms with Crippen molar-refractivity contribution < 1.29 is 27.2 Å². The van der Waals surface area contributed by atoms with E-state index in [2.05, 4.69) is 30.2 Å². The lowest BCUT2D eigenvalue weighted by atomic mass is 10.0. The van der Waals surface area contributed by atoms with E-state index in [4.69, 9.17) is 9.26 Å². The highest BCUT2D eigenvalue weighted by Crippen LogP contribution is 2.28. The fraction of sp³-hybridized carbons (Fsp3) is 0.200. The average molecular weight is 524 g/mol. The zero-order valence-corrected chi connectivity index (χ0v) is 20.1. The first-order valence-electron chi connectivity index (χ1n) is 11.3. The second kappa shape index (κ2) is 9.92. The van der Waals surface area contributed by atoms with E-state index in [9.17, 15) is 18.0 Å².